The Bertz CT molecular complexity index is 564. The summed E-state index contributed by atoms with van der Waals surface area (Å²) in [5.74, 6) is -3.41. The van der Waals surface area contributed by atoms with E-state index >= 15 is 0 Å². The quantitative estimate of drug-likeness (QED) is 0.820. The van der Waals surface area contributed by atoms with E-state index in [1.54, 1.807) is 6.92 Å². The monoisotopic (exact) mass is 295 g/mol. The number of amides is 2. The third-order valence-corrected chi connectivity index (χ3v) is 2.78. The summed E-state index contributed by atoms with van der Waals surface area (Å²) in [7, 11) is 0. The number of nitrogens with one attached hydrogen (secondary N) is 1. The van der Waals surface area contributed by atoms with Crippen LogP contribution < -0.4 is 11.1 Å². The minimum absolute atomic E-state index is 0.0785. The normalized spacial score (nSPS) is 13.0. The molecule has 21 heavy (non-hydrogen) atoms. The van der Waals surface area contributed by atoms with Gasteiger partial charge in [-0.05, 0) is 31.0 Å². The number of carbonyl (C=O) groups is 2. The number of nitriles is 1. The maximum absolute atomic E-state index is 13.0. The predicted octanol–water partition coefficient (Wildman–Crippen LogP) is 1.03. The van der Waals surface area contributed by atoms with Gasteiger partial charge in [-0.15, -0.1) is 0 Å². The highest BCUT2D eigenvalue weighted by Crippen LogP contribution is 2.09. The van der Waals surface area contributed by atoms with Crippen molar-refractivity contribution in [1.29, 1.82) is 5.26 Å². The van der Waals surface area contributed by atoms with Crippen LogP contribution in [0.3, 0.4) is 0 Å². The van der Waals surface area contributed by atoms with E-state index in [1.165, 1.54) is 0 Å². The number of hydrogen-bond acceptors (Lipinski definition) is 3. The molecule has 0 radical (unpaired) electrons. The van der Waals surface area contributed by atoms with Gasteiger partial charge in [0.15, 0.2) is 0 Å². The van der Waals surface area contributed by atoms with Crippen LogP contribution in [0.2, 0.25) is 0 Å². The largest absolute Gasteiger partial charge is 0.368 e. The third kappa shape index (κ3) is 5.57. The molecule has 2 atom stereocenters. The average molecular weight is 295 g/mol. The minimum Gasteiger partial charge on any atom is -0.368 e. The zero-order valence-corrected chi connectivity index (χ0v) is 11.4. The second-order valence-electron chi connectivity index (χ2n) is 4.74. The maximum atomic E-state index is 13.0. The first-order chi connectivity index (χ1) is 9.81. The van der Waals surface area contributed by atoms with Crippen molar-refractivity contribution in [2.75, 3.05) is 0 Å². The summed E-state index contributed by atoms with van der Waals surface area (Å²) in [6, 6.07) is 3.69. The molecule has 0 aliphatic heterocycles. The summed E-state index contributed by atoms with van der Waals surface area (Å²) in [6.45, 7) is 1.59. The van der Waals surface area contributed by atoms with Crippen molar-refractivity contribution in [1.82, 2.24) is 5.32 Å². The standard InChI is InChI=1S/C14H15F2N3O2/c1-8(7-17)2-12(14(18)21)19-13(20)5-9-3-10(15)6-11(16)4-9/h3-4,6,8,12H,2,5H2,1H3,(H2,18,21)(H,19,20)/t8-,12-/m0/s1. The molecule has 0 fully saturated rings. The molecule has 1 aromatic rings. The van der Waals surface area contributed by atoms with Crippen LogP contribution >= 0.6 is 0 Å². The molecule has 0 aliphatic rings. The Balaban J connectivity index is 2.70. The third-order valence-electron chi connectivity index (χ3n) is 2.78. The summed E-state index contributed by atoms with van der Waals surface area (Å²) in [5, 5.41) is 11.1. The van der Waals surface area contributed by atoms with Crippen molar-refractivity contribution in [3.63, 3.8) is 0 Å². The first-order valence-electron chi connectivity index (χ1n) is 6.25. The van der Waals surface area contributed by atoms with Crippen molar-refractivity contribution in [3.8, 4) is 6.07 Å². The van der Waals surface area contributed by atoms with E-state index in [0.717, 1.165) is 12.1 Å². The number of nitrogens with zero attached hydrogens (tertiary/aromatic N) is 1. The van der Waals surface area contributed by atoms with Crippen LogP contribution in [0.25, 0.3) is 0 Å². The lowest BCUT2D eigenvalue weighted by molar-refractivity contribution is -0.127. The zero-order chi connectivity index (χ0) is 16.0. The van der Waals surface area contributed by atoms with Crippen LogP contribution in [0, 0.1) is 28.9 Å². The van der Waals surface area contributed by atoms with Crippen molar-refractivity contribution in [2.45, 2.75) is 25.8 Å². The number of benzene rings is 1. The summed E-state index contributed by atoms with van der Waals surface area (Å²) in [6.07, 6.45) is -0.214. The SMILES string of the molecule is C[C@H](C#N)C[C@H](NC(=O)Cc1cc(F)cc(F)c1)C(N)=O. The van der Waals surface area contributed by atoms with Crippen molar-refractivity contribution >= 4 is 11.8 Å². The lowest BCUT2D eigenvalue weighted by atomic mass is 10.0. The molecule has 3 N–H and O–H groups in total. The molecule has 2 amide bonds. The molecule has 0 saturated carbocycles. The van der Waals surface area contributed by atoms with Gasteiger partial charge in [0.2, 0.25) is 11.8 Å². The number of hydrogen-bond donors (Lipinski definition) is 2. The van der Waals surface area contributed by atoms with E-state index in [1.807, 2.05) is 6.07 Å². The molecule has 112 valence electrons. The summed E-state index contributed by atoms with van der Waals surface area (Å²) < 4.78 is 26.0. The van der Waals surface area contributed by atoms with Crippen molar-refractivity contribution in [2.24, 2.45) is 11.7 Å². The number of primary amides is 1. The van der Waals surface area contributed by atoms with Gasteiger partial charge in [0.1, 0.15) is 17.7 Å². The second-order valence-corrected chi connectivity index (χ2v) is 4.74. The van der Waals surface area contributed by atoms with Gasteiger partial charge in [-0.1, -0.05) is 0 Å². The van der Waals surface area contributed by atoms with E-state index in [0.29, 0.717) is 6.07 Å². The Morgan fingerprint density at radius 1 is 1.33 bits per heavy atom. The van der Waals surface area contributed by atoms with Gasteiger partial charge in [-0.2, -0.15) is 5.26 Å². The molecule has 0 aromatic heterocycles. The highest BCUT2D eigenvalue weighted by Gasteiger charge is 2.21. The molecule has 0 bridgehead atoms. The fourth-order valence-corrected chi connectivity index (χ4v) is 1.80. The highest BCUT2D eigenvalue weighted by atomic mass is 19.1. The first-order valence-corrected chi connectivity index (χ1v) is 6.25. The topological polar surface area (TPSA) is 96.0 Å². The molecule has 7 heteroatoms. The fraction of sp³-hybridized carbons (Fsp3) is 0.357. The second kappa shape index (κ2) is 7.33. The molecular weight excluding hydrogens is 280 g/mol. The van der Waals surface area contributed by atoms with Crippen molar-refractivity contribution < 1.29 is 18.4 Å². The van der Waals surface area contributed by atoms with E-state index in [-0.39, 0.29) is 18.4 Å². The van der Waals surface area contributed by atoms with Crippen LogP contribution in [0.5, 0.6) is 0 Å². The molecule has 5 nitrogen and oxygen atoms in total. The van der Waals surface area contributed by atoms with Gasteiger partial charge in [0.25, 0.3) is 0 Å². The van der Waals surface area contributed by atoms with E-state index in [2.05, 4.69) is 5.32 Å². The molecule has 0 heterocycles. The number of halogens is 2. The number of rotatable bonds is 6. The van der Waals surface area contributed by atoms with Gasteiger partial charge >= 0.3 is 0 Å². The first kappa shape index (κ1) is 16.6. The zero-order valence-electron chi connectivity index (χ0n) is 11.4. The smallest absolute Gasteiger partial charge is 0.240 e. The summed E-state index contributed by atoms with van der Waals surface area (Å²) in [4.78, 5) is 23.0. The molecule has 0 unspecified atom stereocenters. The molecule has 1 aromatic carbocycles. The van der Waals surface area contributed by atoms with Crippen LogP contribution in [-0.4, -0.2) is 17.9 Å². The maximum Gasteiger partial charge on any atom is 0.240 e. The van der Waals surface area contributed by atoms with E-state index < -0.39 is 35.4 Å². The molecule has 0 saturated heterocycles. The number of carbonyl (C=O) groups excluding carboxylic acids is 2. The van der Waals surface area contributed by atoms with Gasteiger partial charge in [-0.3, -0.25) is 9.59 Å². The number of nitrogens with two attached hydrogens (primary N) is 1. The van der Waals surface area contributed by atoms with Gasteiger partial charge in [0.05, 0.1) is 12.5 Å². The van der Waals surface area contributed by atoms with Crippen LogP contribution in [0.1, 0.15) is 18.9 Å². The Morgan fingerprint density at radius 3 is 2.38 bits per heavy atom. The molecular formula is C14H15F2N3O2. The Hall–Kier alpha value is -2.49. The lowest BCUT2D eigenvalue weighted by Gasteiger charge is -2.16. The Kier molecular flexibility index (Phi) is 5.79. The van der Waals surface area contributed by atoms with Crippen molar-refractivity contribution in [3.05, 3.63) is 35.4 Å². The van der Waals surface area contributed by atoms with E-state index in [4.69, 9.17) is 11.0 Å². The summed E-state index contributed by atoms with van der Waals surface area (Å²) >= 11 is 0. The fourth-order valence-electron chi connectivity index (χ4n) is 1.80. The Morgan fingerprint density at radius 2 is 1.90 bits per heavy atom. The average Bonchev–Trinajstić information content (AvgIpc) is 2.36. The minimum atomic E-state index is -0.995. The molecule has 0 aliphatic carbocycles. The lowest BCUT2D eigenvalue weighted by Crippen LogP contribution is -2.45. The van der Waals surface area contributed by atoms with Crippen LogP contribution in [0.15, 0.2) is 18.2 Å². The predicted molar refractivity (Wildman–Crippen MR) is 70.6 cm³/mol. The Labute approximate surface area is 120 Å². The van der Waals surface area contributed by atoms with E-state index in [9.17, 15) is 18.4 Å². The van der Waals surface area contributed by atoms with Gasteiger partial charge in [0, 0.05) is 12.0 Å². The van der Waals surface area contributed by atoms with Crippen LogP contribution in [-0.2, 0) is 16.0 Å². The van der Waals surface area contributed by atoms with Gasteiger partial charge < -0.3 is 11.1 Å². The van der Waals surface area contributed by atoms with Gasteiger partial charge in [-0.25, -0.2) is 8.78 Å². The summed E-state index contributed by atoms with van der Waals surface area (Å²) in [5.41, 5.74) is 5.29. The highest BCUT2D eigenvalue weighted by molar-refractivity contribution is 5.87. The van der Waals surface area contributed by atoms with Crippen LogP contribution in [0.4, 0.5) is 8.78 Å². The molecule has 0 spiro atoms. The molecule has 1 rings (SSSR count).